The summed E-state index contributed by atoms with van der Waals surface area (Å²) in [6.45, 7) is 2.72. The van der Waals surface area contributed by atoms with Gasteiger partial charge in [0.25, 0.3) is 0 Å². The predicted octanol–water partition coefficient (Wildman–Crippen LogP) is 4.94. The van der Waals surface area contributed by atoms with E-state index >= 15 is 0 Å². The highest BCUT2D eigenvalue weighted by molar-refractivity contribution is 5.93. The number of para-hydroxylation sites is 1. The van der Waals surface area contributed by atoms with Crippen LogP contribution in [-0.4, -0.2) is 10.9 Å². The number of carbonyl (C=O) groups is 1. The van der Waals surface area contributed by atoms with Gasteiger partial charge in [-0.3, -0.25) is 4.79 Å². The van der Waals surface area contributed by atoms with Gasteiger partial charge >= 0.3 is 0 Å². The fourth-order valence-electron chi connectivity index (χ4n) is 1.71. The number of allylic oxidation sites excluding steroid dienone is 2. The van der Waals surface area contributed by atoms with Gasteiger partial charge in [0.05, 0.1) is 5.69 Å². The molecule has 0 heterocycles. The van der Waals surface area contributed by atoms with Crippen molar-refractivity contribution < 1.29 is 14.6 Å². The molecule has 112 valence electrons. The van der Waals surface area contributed by atoms with Gasteiger partial charge in [-0.1, -0.05) is 18.2 Å². The fourth-order valence-corrected chi connectivity index (χ4v) is 1.71. The lowest BCUT2D eigenvalue weighted by molar-refractivity contribution is -0.113. The molecule has 2 aromatic rings. The number of ether oxygens (including phenoxy) is 1. The Kier molecular flexibility index (Phi) is 5.03. The SMILES string of the molecule is CC(=O)C(N=Nc1ccc(Oc2ccccc2)cc1)=C(C)O. The molecule has 0 unspecified atom stereocenters. The number of Topliss-reactive ketones (excluding diaryl/α,β-unsaturated/α-hetero) is 1. The summed E-state index contributed by atoms with van der Waals surface area (Å²) in [4.78, 5) is 11.3. The third-order valence-electron chi connectivity index (χ3n) is 2.76. The summed E-state index contributed by atoms with van der Waals surface area (Å²) in [6, 6.07) is 16.4. The number of hydrogen-bond acceptors (Lipinski definition) is 5. The Balaban J connectivity index is 2.09. The van der Waals surface area contributed by atoms with E-state index in [0.29, 0.717) is 11.4 Å². The van der Waals surface area contributed by atoms with E-state index in [2.05, 4.69) is 10.2 Å². The largest absolute Gasteiger partial charge is 0.510 e. The van der Waals surface area contributed by atoms with E-state index in [1.807, 2.05) is 30.3 Å². The molecule has 0 atom stereocenters. The van der Waals surface area contributed by atoms with Crippen molar-refractivity contribution in [1.29, 1.82) is 0 Å². The van der Waals surface area contributed by atoms with E-state index < -0.39 is 0 Å². The van der Waals surface area contributed by atoms with E-state index in [9.17, 15) is 9.90 Å². The summed E-state index contributed by atoms with van der Waals surface area (Å²) >= 11 is 0. The fraction of sp³-hybridized carbons (Fsp3) is 0.118. The third kappa shape index (κ3) is 4.28. The molecule has 0 radical (unpaired) electrons. The maximum Gasteiger partial charge on any atom is 0.183 e. The zero-order valence-corrected chi connectivity index (χ0v) is 12.4. The van der Waals surface area contributed by atoms with Crippen molar-refractivity contribution in [3.63, 3.8) is 0 Å². The molecule has 0 saturated carbocycles. The summed E-state index contributed by atoms with van der Waals surface area (Å²) in [5, 5.41) is 17.1. The first-order valence-corrected chi connectivity index (χ1v) is 6.72. The maximum absolute atomic E-state index is 11.3. The van der Waals surface area contributed by atoms with Gasteiger partial charge in [0.2, 0.25) is 0 Å². The number of aliphatic hydroxyl groups excluding tert-OH is 1. The highest BCUT2D eigenvalue weighted by Gasteiger charge is 2.06. The lowest BCUT2D eigenvalue weighted by atomic mass is 10.3. The van der Waals surface area contributed by atoms with Crippen LogP contribution in [0.5, 0.6) is 11.5 Å². The number of ketones is 1. The molecule has 22 heavy (non-hydrogen) atoms. The van der Waals surface area contributed by atoms with Gasteiger partial charge in [-0.2, -0.15) is 5.11 Å². The summed E-state index contributed by atoms with van der Waals surface area (Å²) in [5.74, 6) is 0.925. The second kappa shape index (κ2) is 7.17. The van der Waals surface area contributed by atoms with E-state index in [1.54, 1.807) is 24.3 Å². The van der Waals surface area contributed by atoms with Crippen LogP contribution in [0, 0.1) is 0 Å². The van der Waals surface area contributed by atoms with Crippen LogP contribution in [0.1, 0.15) is 13.8 Å². The number of azo groups is 1. The predicted molar refractivity (Wildman–Crippen MR) is 83.5 cm³/mol. The first kappa shape index (κ1) is 15.4. The molecular formula is C17H16N2O3. The van der Waals surface area contributed by atoms with Crippen LogP contribution in [0.3, 0.4) is 0 Å². The molecule has 0 aliphatic carbocycles. The average molecular weight is 296 g/mol. The van der Waals surface area contributed by atoms with E-state index in [1.165, 1.54) is 13.8 Å². The van der Waals surface area contributed by atoms with E-state index in [-0.39, 0.29) is 17.2 Å². The van der Waals surface area contributed by atoms with Gasteiger partial charge in [0.15, 0.2) is 11.5 Å². The van der Waals surface area contributed by atoms with Crippen molar-refractivity contribution in [1.82, 2.24) is 0 Å². The summed E-state index contributed by atoms with van der Waals surface area (Å²) in [6.07, 6.45) is 0. The molecule has 0 aliphatic rings. The van der Waals surface area contributed by atoms with Crippen LogP contribution < -0.4 is 4.74 Å². The molecule has 0 aromatic heterocycles. The molecule has 1 N–H and O–H groups in total. The topological polar surface area (TPSA) is 71.2 Å². The molecule has 2 rings (SSSR count). The first-order chi connectivity index (χ1) is 10.6. The Morgan fingerprint density at radius 2 is 1.55 bits per heavy atom. The van der Waals surface area contributed by atoms with Crippen LogP contribution >= 0.6 is 0 Å². The molecule has 2 aromatic carbocycles. The molecule has 0 fully saturated rings. The number of aliphatic hydroxyl groups is 1. The molecule has 0 aliphatic heterocycles. The van der Waals surface area contributed by atoms with E-state index in [4.69, 9.17) is 4.74 Å². The first-order valence-electron chi connectivity index (χ1n) is 6.72. The van der Waals surface area contributed by atoms with Crippen molar-refractivity contribution in [3.8, 4) is 11.5 Å². The van der Waals surface area contributed by atoms with Crippen molar-refractivity contribution in [2.75, 3.05) is 0 Å². The van der Waals surface area contributed by atoms with Gasteiger partial charge in [-0.05, 0) is 43.3 Å². The maximum atomic E-state index is 11.3. The second-order valence-electron chi connectivity index (χ2n) is 4.60. The Morgan fingerprint density at radius 1 is 0.955 bits per heavy atom. The highest BCUT2D eigenvalue weighted by Crippen LogP contribution is 2.24. The summed E-state index contributed by atoms with van der Waals surface area (Å²) in [5.41, 5.74) is 0.505. The van der Waals surface area contributed by atoms with Crippen molar-refractivity contribution >= 4 is 11.5 Å². The van der Waals surface area contributed by atoms with E-state index in [0.717, 1.165) is 5.75 Å². The van der Waals surface area contributed by atoms with Crippen LogP contribution in [0.2, 0.25) is 0 Å². The smallest absolute Gasteiger partial charge is 0.183 e. The summed E-state index contributed by atoms with van der Waals surface area (Å²) < 4.78 is 5.66. The standard InChI is InChI=1S/C17H16N2O3/c1-12(20)17(13(2)21)19-18-14-8-10-16(11-9-14)22-15-6-4-3-5-7-15/h3-11,20H,1-2H3. The second-order valence-corrected chi connectivity index (χ2v) is 4.60. The molecule has 0 spiro atoms. The van der Waals surface area contributed by atoms with Crippen LogP contribution in [0.25, 0.3) is 0 Å². The van der Waals surface area contributed by atoms with Crippen molar-refractivity contribution in [2.24, 2.45) is 10.2 Å². The van der Waals surface area contributed by atoms with Crippen LogP contribution in [0.4, 0.5) is 5.69 Å². The molecule has 0 bridgehead atoms. The van der Waals surface area contributed by atoms with Gasteiger partial charge in [0, 0.05) is 6.92 Å². The van der Waals surface area contributed by atoms with Gasteiger partial charge in [-0.25, -0.2) is 0 Å². The normalized spacial score (nSPS) is 12.1. The molecule has 5 nitrogen and oxygen atoms in total. The zero-order valence-electron chi connectivity index (χ0n) is 12.4. The monoisotopic (exact) mass is 296 g/mol. The van der Waals surface area contributed by atoms with Gasteiger partial charge in [-0.15, -0.1) is 5.11 Å². The highest BCUT2D eigenvalue weighted by atomic mass is 16.5. The quantitative estimate of drug-likeness (QED) is 0.482. The number of nitrogens with zero attached hydrogens (tertiary/aromatic N) is 2. The minimum atomic E-state index is -0.340. The molecule has 0 amide bonds. The summed E-state index contributed by atoms with van der Waals surface area (Å²) in [7, 11) is 0. The molecule has 5 heteroatoms. The number of hydrogen-bond donors (Lipinski definition) is 1. The third-order valence-corrected chi connectivity index (χ3v) is 2.76. The van der Waals surface area contributed by atoms with Crippen LogP contribution in [0.15, 0.2) is 76.3 Å². The Hall–Kier alpha value is -2.95. The number of rotatable bonds is 5. The van der Waals surface area contributed by atoms with Crippen molar-refractivity contribution in [3.05, 3.63) is 66.1 Å². The Morgan fingerprint density at radius 3 is 2.09 bits per heavy atom. The lowest BCUT2D eigenvalue weighted by Gasteiger charge is -2.05. The van der Waals surface area contributed by atoms with Gasteiger partial charge in [0.1, 0.15) is 17.3 Å². The Bertz CT molecular complexity index is 700. The van der Waals surface area contributed by atoms with Crippen molar-refractivity contribution in [2.45, 2.75) is 13.8 Å². The number of benzene rings is 2. The molecule has 0 saturated heterocycles. The minimum absolute atomic E-state index is 0.0513. The number of carbonyl (C=O) groups excluding carboxylic acids is 1. The molecular weight excluding hydrogens is 280 g/mol. The minimum Gasteiger partial charge on any atom is -0.510 e. The Labute approximate surface area is 128 Å². The van der Waals surface area contributed by atoms with Gasteiger partial charge < -0.3 is 9.84 Å². The lowest BCUT2D eigenvalue weighted by Crippen LogP contribution is -1.96. The average Bonchev–Trinajstić information content (AvgIpc) is 2.49. The van der Waals surface area contributed by atoms with Crippen LogP contribution in [-0.2, 0) is 4.79 Å². The zero-order chi connectivity index (χ0) is 15.9.